The van der Waals surface area contributed by atoms with E-state index in [4.69, 9.17) is 4.74 Å². The van der Waals surface area contributed by atoms with Crippen molar-refractivity contribution in [2.24, 2.45) is 0 Å². The minimum absolute atomic E-state index is 0.687. The van der Waals surface area contributed by atoms with Crippen molar-refractivity contribution in [1.82, 2.24) is 5.32 Å². The lowest BCUT2D eigenvalue weighted by Gasteiger charge is -2.07. The van der Waals surface area contributed by atoms with Gasteiger partial charge in [-0.05, 0) is 52.0 Å². The minimum atomic E-state index is 0.687. The molecule has 2 aromatic rings. The molecule has 1 aromatic heterocycles. The molecule has 2 rings (SSSR count). The molecule has 0 spiro atoms. The van der Waals surface area contributed by atoms with Crippen LogP contribution in [0.1, 0.15) is 10.4 Å². The van der Waals surface area contributed by atoms with Crippen LogP contribution >= 0.6 is 27.3 Å². The first-order valence-corrected chi connectivity index (χ1v) is 7.55. The van der Waals surface area contributed by atoms with Crippen molar-refractivity contribution in [2.75, 3.05) is 13.2 Å². The van der Waals surface area contributed by atoms with E-state index in [1.165, 1.54) is 14.9 Å². The smallest absolute Gasteiger partial charge is 0.119 e. The molecule has 2 nitrogen and oxygen atoms in total. The first kappa shape index (κ1) is 13.6. The SMILES string of the molecule is Cc1cccc(OCCNCc2sccc2Br)c1. The molecule has 18 heavy (non-hydrogen) atoms. The molecular weight excluding hydrogens is 310 g/mol. The monoisotopic (exact) mass is 325 g/mol. The van der Waals surface area contributed by atoms with Gasteiger partial charge >= 0.3 is 0 Å². The van der Waals surface area contributed by atoms with Gasteiger partial charge in [0.25, 0.3) is 0 Å². The highest BCUT2D eigenvalue weighted by atomic mass is 79.9. The predicted octanol–water partition coefficient (Wildman–Crippen LogP) is 3.99. The van der Waals surface area contributed by atoms with E-state index in [1.807, 2.05) is 12.1 Å². The van der Waals surface area contributed by atoms with E-state index in [0.717, 1.165) is 18.8 Å². The van der Waals surface area contributed by atoms with Crippen molar-refractivity contribution in [3.63, 3.8) is 0 Å². The fraction of sp³-hybridized carbons (Fsp3) is 0.286. The van der Waals surface area contributed by atoms with Gasteiger partial charge in [0, 0.05) is 22.4 Å². The van der Waals surface area contributed by atoms with Crippen molar-refractivity contribution in [1.29, 1.82) is 0 Å². The normalized spacial score (nSPS) is 10.6. The average molecular weight is 326 g/mol. The molecular formula is C14H16BrNOS. The Kier molecular flexibility index (Phi) is 5.23. The predicted molar refractivity (Wildman–Crippen MR) is 80.4 cm³/mol. The quantitative estimate of drug-likeness (QED) is 0.811. The van der Waals surface area contributed by atoms with Gasteiger partial charge in [-0.2, -0.15) is 0 Å². The van der Waals surface area contributed by atoms with Gasteiger partial charge in [0.1, 0.15) is 12.4 Å². The van der Waals surface area contributed by atoms with Gasteiger partial charge in [-0.25, -0.2) is 0 Å². The Hall–Kier alpha value is -0.840. The van der Waals surface area contributed by atoms with Crippen LogP contribution in [0, 0.1) is 6.92 Å². The Labute approximate surface area is 120 Å². The summed E-state index contributed by atoms with van der Waals surface area (Å²) in [5, 5.41) is 5.46. The van der Waals surface area contributed by atoms with E-state index in [9.17, 15) is 0 Å². The molecule has 0 unspecified atom stereocenters. The number of nitrogens with one attached hydrogen (secondary N) is 1. The number of hydrogen-bond acceptors (Lipinski definition) is 3. The van der Waals surface area contributed by atoms with Gasteiger partial charge in [0.15, 0.2) is 0 Å². The van der Waals surface area contributed by atoms with Crippen molar-refractivity contribution in [2.45, 2.75) is 13.5 Å². The number of hydrogen-bond donors (Lipinski definition) is 1. The van der Waals surface area contributed by atoms with Gasteiger partial charge in [-0.15, -0.1) is 11.3 Å². The number of halogens is 1. The Morgan fingerprint density at radius 3 is 2.94 bits per heavy atom. The minimum Gasteiger partial charge on any atom is -0.492 e. The molecule has 1 heterocycles. The second-order valence-corrected chi connectivity index (χ2v) is 5.89. The highest BCUT2D eigenvalue weighted by molar-refractivity contribution is 9.10. The standard InChI is InChI=1S/C14H16BrNOS/c1-11-3-2-4-12(9-11)17-7-6-16-10-14-13(15)5-8-18-14/h2-5,8-9,16H,6-7,10H2,1H3. The van der Waals surface area contributed by atoms with Crippen molar-refractivity contribution < 1.29 is 4.74 Å². The van der Waals surface area contributed by atoms with E-state index >= 15 is 0 Å². The van der Waals surface area contributed by atoms with Gasteiger partial charge in [-0.1, -0.05) is 12.1 Å². The third kappa shape index (κ3) is 4.12. The van der Waals surface area contributed by atoms with Gasteiger partial charge in [-0.3, -0.25) is 0 Å². The summed E-state index contributed by atoms with van der Waals surface area (Å²) in [5.41, 5.74) is 1.22. The van der Waals surface area contributed by atoms with Crippen molar-refractivity contribution in [3.05, 3.63) is 50.6 Å². The number of rotatable bonds is 6. The Morgan fingerprint density at radius 1 is 1.33 bits per heavy atom. The maximum Gasteiger partial charge on any atom is 0.119 e. The highest BCUT2D eigenvalue weighted by Crippen LogP contribution is 2.22. The first-order chi connectivity index (χ1) is 8.75. The fourth-order valence-electron chi connectivity index (χ4n) is 1.60. The van der Waals surface area contributed by atoms with Crippen LogP contribution in [0.5, 0.6) is 5.75 Å². The average Bonchev–Trinajstić information content (AvgIpc) is 2.75. The van der Waals surface area contributed by atoms with E-state index in [1.54, 1.807) is 11.3 Å². The summed E-state index contributed by atoms with van der Waals surface area (Å²) in [7, 11) is 0. The zero-order valence-corrected chi connectivity index (χ0v) is 12.7. The largest absolute Gasteiger partial charge is 0.492 e. The lowest BCUT2D eigenvalue weighted by atomic mass is 10.2. The molecule has 0 aliphatic heterocycles. The molecule has 0 amide bonds. The molecule has 4 heteroatoms. The number of thiophene rings is 1. The topological polar surface area (TPSA) is 21.3 Å². The third-order valence-electron chi connectivity index (χ3n) is 2.51. The fourth-order valence-corrected chi connectivity index (χ4v) is 3.06. The van der Waals surface area contributed by atoms with Crippen molar-refractivity contribution >= 4 is 27.3 Å². The summed E-state index contributed by atoms with van der Waals surface area (Å²) < 4.78 is 6.85. The Morgan fingerprint density at radius 2 is 2.22 bits per heavy atom. The molecule has 96 valence electrons. The van der Waals surface area contributed by atoms with Crippen LogP contribution in [0.15, 0.2) is 40.2 Å². The summed E-state index contributed by atoms with van der Waals surface area (Å²) >= 11 is 5.28. The molecule has 1 aromatic carbocycles. The number of benzene rings is 1. The van der Waals surface area contributed by atoms with E-state index < -0.39 is 0 Å². The number of ether oxygens (including phenoxy) is 1. The molecule has 1 N–H and O–H groups in total. The molecule has 0 radical (unpaired) electrons. The second kappa shape index (κ2) is 6.92. The van der Waals surface area contributed by atoms with Crippen LogP contribution in [-0.2, 0) is 6.54 Å². The van der Waals surface area contributed by atoms with Gasteiger partial charge in [0.2, 0.25) is 0 Å². The van der Waals surface area contributed by atoms with Crippen LogP contribution in [0.25, 0.3) is 0 Å². The zero-order chi connectivity index (χ0) is 12.8. The summed E-state index contributed by atoms with van der Waals surface area (Å²) in [6, 6.07) is 10.2. The Bertz CT molecular complexity index is 498. The van der Waals surface area contributed by atoms with Crippen molar-refractivity contribution in [3.8, 4) is 5.75 Å². The molecule has 0 fully saturated rings. The molecule has 0 saturated carbocycles. The highest BCUT2D eigenvalue weighted by Gasteiger charge is 2.00. The van der Waals surface area contributed by atoms with Crippen LogP contribution in [0.3, 0.4) is 0 Å². The van der Waals surface area contributed by atoms with Crippen LogP contribution in [0.4, 0.5) is 0 Å². The zero-order valence-electron chi connectivity index (χ0n) is 10.3. The summed E-state index contributed by atoms with van der Waals surface area (Å²) in [6.07, 6.45) is 0. The lowest BCUT2D eigenvalue weighted by molar-refractivity contribution is 0.313. The second-order valence-electron chi connectivity index (χ2n) is 4.03. The van der Waals surface area contributed by atoms with E-state index in [2.05, 4.69) is 51.7 Å². The number of aryl methyl sites for hydroxylation is 1. The maximum atomic E-state index is 5.67. The first-order valence-electron chi connectivity index (χ1n) is 5.88. The summed E-state index contributed by atoms with van der Waals surface area (Å²) in [4.78, 5) is 1.32. The van der Waals surface area contributed by atoms with Gasteiger partial charge < -0.3 is 10.1 Å². The third-order valence-corrected chi connectivity index (χ3v) is 4.44. The molecule has 0 aliphatic rings. The molecule has 0 aliphatic carbocycles. The summed E-state index contributed by atoms with van der Waals surface area (Å²) in [5.74, 6) is 0.939. The Balaban J connectivity index is 1.66. The summed E-state index contributed by atoms with van der Waals surface area (Å²) in [6.45, 7) is 4.49. The van der Waals surface area contributed by atoms with E-state index in [-0.39, 0.29) is 0 Å². The van der Waals surface area contributed by atoms with Crippen LogP contribution < -0.4 is 10.1 Å². The van der Waals surface area contributed by atoms with Crippen LogP contribution in [0.2, 0.25) is 0 Å². The molecule has 0 saturated heterocycles. The van der Waals surface area contributed by atoms with Crippen LogP contribution in [-0.4, -0.2) is 13.2 Å². The molecule has 0 atom stereocenters. The van der Waals surface area contributed by atoms with Gasteiger partial charge in [0.05, 0.1) is 0 Å². The van der Waals surface area contributed by atoms with E-state index in [0.29, 0.717) is 6.61 Å². The lowest BCUT2D eigenvalue weighted by Crippen LogP contribution is -2.20. The maximum absolute atomic E-state index is 5.67. The molecule has 0 bridgehead atoms.